The maximum Gasteiger partial charge on any atom is 0.232 e. The number of rotatable bonds is 10. The Labute approximate surface area is 137 Å². The summed E-state index contributed by atoms with van der Waals surface area (Å²) in [6.45, 7) is 4.87. The SMILES string of the molecule is COCCNCCNC(=O)C(C)SCc1ccccc1.Cl. The molecule has 4 nitrogen and oxygen atoms in total. The molecule has 0 bridgehead atoms. The Hall–Kier alpha value is -0.750. The number of thioether (sulfide) groups is 1. The van der Waals surface area contributed by atoms with Crippen molar-refractivity contribution in [3.05, 3.63) is 35.9 Å². The average molecular weight is 333 g/mol. The van der Waals surface area contributed by atoms with Gasteiger partial charge in [0.05, 0.1) is 11.9 Å². The normalized spacial score (nSPS) is 11.5. The second-order valence-electron chi connectivity index (χ2n) is 4.47. The highest BCUT2D eigenvalue weighted by Crippen LogP contribution is 2.17. The molecule has 0 spiro atoms. The lowest BCUT2D eigenvalue weighted by atomic mass is 10.2. The molecule has 21 heavy (non-hydrogen) atoms. The third-order valence-electron chi connectivity index (χ3n) is 2.80. The van der Waals surface area contributed by atoms with Gasteiger partial charge in [-0.3, -0.25) is 4.79 Å². The highest BCUT2D eigenvalue weighted by molar-refractivity contribution is 7.99. The van der Waals surface area contributed by atoms with Gasteiger partial charge in [-0.25, -0.2) is 0 Å². The molecule has 0 aromatic heterocycles. The molecular weight excluding hydrogens is 308 g/mol. The van der Waals surface area contributed by atoms with E-state index in [9.17, 15) is 4.79 Å². The van der Waals surface area contributed by atoms with E-state index in [1.165, 1.54) is 5.56 Å². The third kappa shape index (κ3) is 9.74. The minimum Gasteiger partial charge on any atom is -0.383 e. The predicted octanol–water partition coefficient (Wildman–Crippen LogP) is 2.08. The van der Waals surface area contributed by atoms with Gasteiger partial charge in [0.25, 0.3) is 0 Å². The molecule has 1 amide bonds. The van der Waals surface area contributed by atoms with E-state index in [-0.39, 0.29) is 23.6 Å². The summed E-state index contributed by atoms with van der Waals surface area (Å²) in [6.07, 6.45) is 0. The van der Waals surface area contributed by atoms with Crippen molar-refractivity contribution in [2.24, 2.45) is 0 Å². The van der Waals surface area contributed by atoms with Crippen molar-refractivity contribution in [1.29, 1.82) is 0 Å². The second kappa shape index (κ2) is 13.0. The monoisotopic (exact) mass is 332 g/mol. The fraction of sp³-hybridized carbons (Fsp3) is 0.533. The van der Waals surface area contributed by atoms with Crippen LogP contribution in [0.25, 0.3) is 0 Å². The van der Waals surface area contributed by atoms with Gasteiger partial charge < -0.3 is 15.4 Å². The van der Waals surface area contributed by atoms with E-state index in [0.29, 0.717) is 13.2 Å². The van der Waals surface area contributed by atoms with Crippen LogP contribution in [0.4, 0.5) is 0 Å². The fourth-order valence-corrected chi connectivity index (χ4v) is 2.46. The molecule has 1 aromatic rings. The molecule has 0 aliphatic carbocycles. The van der Waals surface area contributed by atoms with Gasteiger partial charge in [-0.1, -0.05) is 30.3 Å². The van der Waals surface area contributed by atoms with Gasteiger partial charge >= 0.3 is 0 Å². The van der Waals surface area contributed by atoms with Gasteiger partial charge in [-0.15, -0.1) is 24.2 Å². The number of hydrogen-bond donors (Lipinski definition) is 2. The van der Waals surface area contributed by atoms with Crippen LogP contribution in [0.15, 0.2) is 30.3 Å². The fourth-order valence-electron chi connectivity index (χ4n) is 1.59. The molecule has 0 fully saturated rings. The number of methoxy groups -OCH3 is 1. The van der Waals surface area contributed by atoms with Crippen LogP contribution < -0.4 is 10.6 Å². The first-order valence-corrected chi connectivity index (χ1v) is 7.92. The highest BCUT2D eigenvalue weighted by Gasteiger charge is 2.12. The van der Waals surface area contributed by atoms with Crippen LogP contribution in [0.3, 0.4) is 0 Å². The highest BCUT2D eigenvalue weighted by atomic mass is 35.5. The lowest BCUT2D eigenvalue weighted by molar-refractivity contribution is -0.120. The number of amides is 1. The van der Waals surface area contributed by atoms with Crippen LogP contribution in [0.1, 0.15) is 12.5 Å². The second-order valence-corrected chi connectivity index (χ2v) is 5.80. The molecule has 0 aliphatic rings. The standard InChI is InChI=1S/C15H24N2O2S.ClH/c1-13(20-12-14-6-4-3-5-7-14)15(18)17-9-8-16-10-11-19-2;/h3-7,13,16H,8-12H2,1-2H3,(H,17,18);1H. The number of nitrogens with one attached hydrogen (secondary N) is 2. The summed E-state index contributed by atoms with van der Waals surface area (Å²) in [6, 6.07) is 10.2. The van der Waals surface area contributed by atoms with Crippen molar-refractivity contribution in [3.63, 3.8) is 0 Å². The first-order valence-electron chi connectivity index (χ1n) is 6.87. The Kier molecular flexibility index (Phi) is 12.5. The van der Waals surface area contributed by atoms with Crippen LogP contribution in [-0.2, 0) is 15.3 Å². The summed E-state index contributed by atoms with van der Waals surface area (Å²) in [5, 5.41) is 6.09. The lowest BCUT2D eigenvalue weighted by Crippen LogP contribution is -2.36. The third-order valence-corrected chi connectivity index (χ3v) is 4.01. The van der Waals surface area contributed by atoms with Gasteiger partial charge in [0.2, 0.25) is 5.91 Å². The quantitative estimate of drug-likeness (QED) is 0.644. The van der Waals surface area contributed by atoms with Crippen LogP contribution in [0, 0.1) is 0 Å². The minimum atomic E-state index is -0.0332. The molecule has 0 saturated carbocycles. The Morgan fingerprint density at radius 3 is 2.62 bits per heavy atom. The van der Waals surface area contributed by atoms with Crippen molar-refractivity contribution in [1.82, 2.24) is 10.6 Å². The Balaban J connectivity index is 0.00000400. The summed E-state index contributed by atoms with van der Waals surface area (Å²) >= 11 is 1.66. The number of carbonyl (C=O) groups excluding carboxylic acids is 1. The van der Waals surface area contributed by atoms with Crippen molar-refractivity contribution in [3.8, 4) is 0 Å². The molecule has 120 valence electrons. The predicted molar refractivity (Wildman–Crippen MR) is 92.2 cm³/mol. The van der Waals surface area contributed by atoms with E-state index in [4.69, 9.17) is 4.74 Å². The first kappa shape index (κ1) is 20.2. The van der Waals surface area contributed by atoms with E-state index in [2.05, 4.69) is 22.8 Å². The van der Waals surface area contributed by atoms with E-state index in [0.717, 1.165) is 18.8 Å². The van der Waals surface area contributed by atoms with Gasteiger partial charge in [-0.2, -0.15) is 0 Å². The van der Waals surface area contributed by atoms with Gasteiger partial charge in [-0.05, 0) is 12.5 Å². The molecule has 0 aliphatic heterocycles. The minimum absolute atomic E-state index is 0. The van der Waals surface area contributed by atoms with Crippen LogP contribution in [-0.4, -0.2) is 44.5 Å². The van der Waals surface area contributed by atoms with Crippen LogP contribution in [0.2, 0.25) is 0 Å². The first-order chi connectivity index (χ1) is 9.74. The van der Waals surface area contributed by atoms with Crippen LogP contribution in [0.5, 0.6) is 0 Å². The van der Waals surface area contributed by atoms with Crippen molar-refractivity contribution in [2.45, 2.75) is 17.9 Å². The smallest absolute Gasteiger partial charge is 0.232 e. The Morgan fingerprint density at radius 2 is 1.95 bits per heavy atom. The number of ether oxygens (including phenoxy) is 1. The zero-order chi connectivity index (χ0) is 14.6. The van der Waals surface area contributed by atoms with Gasteiger partial charge in [0.1, 0.15) is 0 Å². The molecule has 1 atom stereocenters. The topological polar surface area (TPSA) is 50.4 Å². The number of carbonyl (C=O) groups is 1. The number of halogens is 1. The van der Waals surface area contributed by atoms with Crippen molar-refractivity contribution >= 4 is 30.1 Å². The van der Waals surface area contributed by atoms with Gasteiger partial charge in [0, 0.05) is 32.5 Å². The molecule has 0 radical (unpaired) electrons. The van der Waals surface area contributed by atoms with E-state index < -0.39 is 0 Å². The van der Waals surface area contributed by atoms with Crippen molar-refractivity contribution < 1.29 is 9.53 Å². The molecule has 0 saturated heterocycles. The Morgan fingerprint density at radius 1 is 1.24 bits per heavy atom. The van der Waals surface area contributed by atoms with Gasteiger partial charge in [0.15, 0.2) is 0 Å². The average Bonchev–Trinajstić information content (AvgIpc) is 2.49. The maximum absolute atomic E-state index is 11.9. The Bertz CT molecular complexity index is 379. The zero-order valence-electron chi connectivity index (χ0n) is 12.6. The molecule has 2 N–H and O–H groups in total. The van der Waals surface area contributed by atoms with E-state index in [1.807, 2.05) is 25.1 Å². The van der Waals surface area contributed by atoms with E-state index in [1.54, 1.807) is 18.9 Å². The largest absolute Gasteiger partial charge is 0.383 e. The number of benzene rings is 1. The summed E-state index contributed by atoms with van der Waals surface area (Å²) < 4.78 is 4.93. The molecule has 0 heterocycles. The number of hydrogen-bond acceptors (Lipinski definition) is 4. The molecule has 1 aromatic carbocycles. The van der Waals surface area contributed by atoms with Crippen molar-refractivity contribution in [2.75, 3.05) is 33.4 Å². The lowest BCUT2D eigenvalue weighted by Gasteiger charge is -2.12. The summed E-state index contributed by atoms with van der Waals surface area (Å²) in [5.41, 5.74) is 1.25. The molecule has 1 rings (SSSR count). The molecule has 1 unspecified atom stereocenters. The summed E-state index contributed by atoms with van der Waals surface area (Å²) in [4.78, 5) is 11.9. The summed E-state index contributed by atoms with van der Waals surface area (Å²) in [7, 11) is 1.68. The maximum atomic E-state index is 11.9. The molecule has 6 heteroatoms. The molecular formula is C15H25ClN2O2S. The zero-order valence-corrected chi connectivity index (χ0v) is 14.3. The van der Waals surface area contributed by atoms with Crippen LogP contribution >= 0.6 is 24.2 Å². The summed E-state index contributed by atoms with van der Waals surface area (Å²) in [5.74, 6) is 0.959. The van der Waals surface area contributed by atoms with E-state index >= 15 is 0 Å².